The summed E-state index contributed by atoms with van der Waals surface area (Å²) >= 11 is 1.39. The average Bonchev–Trinajstić information content (AvgIpc) is 3.58. The summed E-state index contributed by atoms with van der Waals surface area (Å²) in [5.74, 6) is -0.863. The Morgan fingerprint density at radius 3 is 2.15 bits per heavy atom. The second kappa shape index (κ2) is 13.7. The molecular weight excluding hydrogens is 612 g/mol. The third-order valence-corrected chi connectivity index (χ3v) is 7.11. The van der Waals surface area contributed by atoms with E-state index in [4.69, 9.17) is 0 Å². The van der Waals surface area contributed by atoms with Gasteiger partial charge in [0.2, 0.25) is 10.1 Å². The van der Waals surface area contributed by atoms with Crippen LogP contribution in [0.15, 0.2) is 4.99 Å². The van der Waals surface area contributed by atoms with E-state index in [1.54, 1.807) is 13.8 Å². The van der Waals surface area contributed by atoms with Gasteiger partial charge in [-0.2, -0.15) is 26.3 Å². The molecule has 0 aromatic carbocycles. The lowest BCUT2D eigenvalue weighted by Gasteiger charge is -2.22. The molecule has 2 aromatic heterocycles. The first-order chi connectivity index (χ1) is 18.9. The van der Waals surface area contributed by atoms with Crippen molar-refractivity contribution in [3.8, 4) is 0 Å². The first-order valence-electron chi connectivity index (χ1n) is 11.5. The Bertz CT molecular complexity index is 1280. The van der Waals surface area contributed by atoms with Crippen LogP contribution in [0.25, 0.3) is 0 Å². The summed E-state index contributed by atoms with van der Waals surface area (Å²) in [5, 5.41) is 7.34. The molecule has 0 unspecified atom stereocenters. The van der Waals surface area contributed by atoms with Crippen molar-refractivity contribution in [1.82, 2.24) is 20.5 Å². The van der Waals surface area contributed by atoms with Crippen LogP contribution in [0.3, 0.4) is 0 Å². The largest absolute Gasteiger partial charge is 0.465 e. The Hall–Kier alpha value is -3.09. The average molecular weight is 637 g/mol. The van der Waals surface area contributed by atoms with E-state index in [2.05, 4.69) is 30.2 Å². The van der Waals surface area contributed by atoms with Crippen LogP contribution < -0.4 is 10.2 Å². The third-order valence-electron chi connectivity index (χ3n) is 5.07. The number of pyridine rings is 1. The number of carbonyl (C=O) groups excluding carboxylic acids is 2. The number of amides is 2. The predicted octanol–water partition coefficient (Wildman–Crippen LogP) is 5.85. The van der Waals surface area contributed by atoms with Gasteiger partial charge in [0.25, 0.3) is 6.43 Å². The van der Waals surface area contributed by atoms with Crippen molar-refractivity contribution >= 4 is 45.3 Å². The summed E-state index contributed by atoms with van der Waals surface area (Å²) in [6.07, 6.45) is -12.9. The number of urea groups is 1. The number of rotatable bonds is 6. The van der Waals surface area contributed by atoms with Crippen molar-refractivity contribution in [2.24, 2.45) is 10.9 Å². The zero-order valence-electron chi connectivity index (χ0n) is 22.1. The van der Waals surface area contributed by atoms with Crippen molar-refractivity contribution in [1.29, 1.82) is 0 Å². The fourth-order valence-corrected chi connectivity index (χ4v) is 4.99. The normalized spacial score (nSPS) is 13.6. The minimum absolute atomic E-state index is 0.0231. The van der Waals surface area contributed by atoms with E-state index >= 15 is 0 Å². The second-order valence-electron chi connectivity index (χ2n) is 8.50. The summed E-state index contributed by atoms with van der Waals surface area (Å²) in [5.41, 5.74) is -3.79. The number of aromatic nitrogens is 3. The molecule has 228 valence electrons. The monoisotopic (exact) mass is 636 g/mol. The molecule has 0 bridgehead atoms. The van der Waals surface area contributed by atoms with E-state index < -0.39 is 58.3 Å². The zero-order chi connectivity index (χ0) is 31.3. The molecule has 3 heterocycles. The SMILES string of the molecule is CNC(=O)N(C)c1nnc(C(F)(F)F)s1.COC(=O)c1c(C(F)F)nc(C(F)(F)F)c(C2=NCCS2)c1CC(C)C. The minimum atomic E-state index is -4.97. The number of methoxy groups -OCH3 is 1. The van der Waals surface area contributed by atoms with Crippen molar-refractivity contribution in [2.45, 2.75) is 39.0 Å². The molecule has 1 N–H and O–H groups in total. The van der Waals surface area contributed by atoms with E-state index in [-0.39, 0.29) is 28.1 Å². The smallest absolute Gasteiger partial charge is 0.445 e. The molecule has 19 heteroatoms. The van der Waals surface area contributed by atoms with E-state index in [0.29, 0.717) is 23.6 Å². The van der Waals surface area contributed by atoms with E-state index in [1.807, 2.05) is 0 Å². The lowest BCUT2D eigenvalue weighted by Crippen LogP contribution is -2.34. The number of nitrogens with one attached hydrogen (secondary N) is 1. The Morgan fingerprint density at radius 2 is 1.73 bits per heavy atom. The molecule has 0 atom stereocenters. The third kappa shape index (κ3) is 8.46. The molecule has 1 aliphatic heterocycles. The fourth-order valence-electron chi connectivity index (χ4n) is 3.40. The van der Waals surface area contributed by atoms with Crippen LogP contribution >= 0.6 is 23.1 Å². The molecule has 0 aliphatic carbocycles. The van der Waals surface area contributed by atoms with Gasteiger partial charge in [0.15, 0.2) is 5.69 Å². The lowest BCUT2D eigenvalue weighted by atomic mass is 9.91. The van der Waals surface area contributed by atoms with Crippen molar-refractivity contribution in [3.63, 3.8) is 0 Å². The van der Waals surface area contributed by atoms with Gasteiger partial charge in [-0.25, -0.2) is 23.4 Å². The molecule has 0 radical (unpaired) electrons. The molecule has 3 rings (SSSR count). The highest BCUT2D eigenvalue weighted by molar-refractivity contribution is 8.14. The molecule has 2 aromatic rings. The molecule has 0 saturated heterocycles. The van der Waals surface area contributed by atoms with Gasteiger partial charge in [-0.1, -0.05) is 25.2 Å². The van der Waals surface area contributed by atoms with Gasteiger partial charge >= 0.3 is 24.4 Å². The maximum absolute atomic E-state index is 13.6. The quantitative estimate of drug-likeness (QED) is 0.313. The zero-order valence-corrected chi connectivity index (χ0v) is 23.7. The molecule has 0 fully saturated rings. The van der Waals surface area contributed by atoms with Gasteiger partial charge in [0.05, 0.1) is 12.7 Å². The summed E-state index contributed by atoms with van der Waals surface area (Å²) in [6.45, 7) is 3.73. The van der Waals surface area contributed by atoms with Gasteiger partial charge in [-0.05, 0) is 17.9 Å². The topological polar surface area (TPSA) is 110 Å². The highest BCUT2D eigenvalue weighted by Crippen LogP contribution is 2.40. The molecule has 41 heavy (non-hydrogen) atoms. The highest BCUT2D eigenvalue weighted by Gasteiger charge is 2.42. The number of aliphatic imine (C=N–C) groups is 1. The fraction of sp³-hybridized carbons (Fsp3) is 0.545. The van der Waals surface area contributed by atoms with Crippen LogP contribution in [0.4, 0.5) is 45.0 Å². The van der Waals surface area contributed by atoms with Crippen molar-refractivity contribution in [3.05, 3.63) is 33.1 Å². The second-order valence-corrected chi connectivity index (χ2v) is 10.5. The number of carbonyl (C=O) groups is 2. The number of halogens is 8. The summed E-state index contributed by atoms with van der Waals surface area (Å²) in [6, 6.07) is -0.556. The molecule has 0 spiro atoms. The molecular formula is C22H24F8N6O3S2. The van der Waals surface area contributed by atoms with Gasteiger partial charge < -0.3 is 10.1 Å². The minimum Gasteiger partial charge on any atom is -0.465 e. The van der Waals surface area contributed by atoms with E-state index in [0.717, 1.165) is 23.8 Å². The Labute approximate surface area is 236 Å². The van der Waals surface area contributed by atoms with Crippen LogP contribution in [0.2, 0.25) is 0 Å². The van der Waals surface area contributed by atoms with Crippen molar-refractivity contribution < 1.29 is 49.4 Å². The lowest BCUT2D eigenvalue weighted by molar-refractivity contribution is -0.141. The summed E-state index contributed by atoms with van der Waals surface area (Å²) in [4.78, 5) is 31.3. The number of anilines is 1. The molecule has 9 nitrogen and oxygen atoms in total. The summed E-state index contributed by atoms with van der Waals surface area (Å²) < 4.78 is 109. The van der Waals surface area contributed by atoms with Crippen LogP contribution in [0.1, 0.15) is 58.2 Å². The van der Waals surface area contributed by atoms with E-state index in [1.165, 1.54) is 14.1 Å². The van der Waals surface area contributed by atoms with Gasteiger partial charge in [-0.15, -0.1) is 22.0 Å². The summed E-state index contributed by atoms with van der Waals surface area (Å²) in [7, 11) is 3.65. The van der Waals surface area contributed by atoms with Crippen LogP contribution in [-0.4, -0.2) is 65.7 Å². The Balaban J connectivity index is 0.000000333. The first-order valence-corrected chi connectivity index (χ1v) is 13.3. The molecule has 1 aliphatic rings. The molecule has 0 saturated carbocycles. The Morgan fingerprint density at radius 1 is 1.10 bits per heavy atom. The maximum atomic E-state index is 13.6. The number of thioether (sulfide) groups is 1. The Kier molecular flexibility index (Phi) is 11.4. The number of hydrogen-bond acceptors (Lipinski definition) is 9. The van der Waals surface area contributed by atoms with Crippen LogP contribution in [0, 0.1) is 5.92 Å². The maximum Gasteiger partial charge on any atom is 0.445 e. The number of esters is 1. The molecule has 2 amide bonds. The number of ether oxygens (including phenoxy) is 1. The first kappa shape index (κ1) is 34.1. The van der Waals surface area contributed by atoms with Crippen LogP contribution in [0.5, 0.6) is 0 Å². The number of alkyl halides is 8. The van der Waals surface area contributed by atoms with Gasteiger partial charge in [0, 0.05) is 32.0 Å². The van der Waals surface area contributed by atoms with Crippen molar-refractivity contribution in [2.75, 3.05) is 38.4 Å². The number of nitrogens with zero attached hydrogens (tertiary/aromatic N) is 5. The van der Waals surface area contributed by atoms with Gasteiger partial charge in [0.1, 0.15) is 10.7 Å². The van der Waals surface area contributed by atoms with E-state index in [9.17, 15) is 44.7 Å². The van der Waals surface area contributed by atoms with Crippen LogP contribution in [-0.2, 0) is 23.5 Å². The number of hydrogen-bond donors (Lipinski definition) is 1. The predicted molar refractivity (Wildman–Crippen MR) is 136 cm³/mol. The highest BCUT2D eigenvalue weighted by atomic mass is 32.2. The standard InChI is InChI=1S/C16H17F5N2O2S.C6H7F3N4OS/c1-7(2)6-8-9(15(24)25-3)11(13(17)18)23-12(16(19,20)21)10(8)14-22-4-5-26-14;1-10-4(14)13(2)5-12-11-3(15-5)6(7,8)9/h7,13H,4-6H2,1-3H3;1-2H3,(H,10,14). The van der Waals surface area contributed by atoms with Gasteiger partial charge in [-0.3, -0.25) is 9.89 Å².